The third-order valence-corrected chi connectivity index (χ3v) is 5.71. The van der Waals surface area contributed by atoms with Gasteiger partial charge in [-0.3, -0.25) is 14.5 Å². The number of benzene rings is 2. The van der Waals surface area contributed by atoms with Crippen LogP contribution in [0, 0.1) is 13.8 Å². The van der Waals surface area contributed by atoms with Gasteiger partial charge in [0.15, 0.2) is 6.20 Å². The molecule has 2 aromatic carbocycles. The molecule has 0 bridgehead atoms. The second-order valence-corrected chi connectivity index (χ2v) is 7.71. The van der Waals surface area contributed by atoms with E-state index in [-0.39, 0.29) is 18.4 Å². The van der Waals surface area contributed by atoms with Crippen molar-refractivity contribution in [3.05, 3.63) is 77.6 Å². The van der Waals surface area contributed by atoms with E-state index in [4.69, 9.17) is 9.47 Å². The van der Waals surface area contributed by atoms with Crippen molar-refractivity contribution in [3.63, 3.8) is 0 Å². The topological polar surface area (TPSA) is 71.8 Å². The molecule has 2 amide bonds. The third kappa shape index (κ3) is 3.77. The van der Waals surface area contributed by atoms with E-state index in [9.17, 15) is 9.59 Å². The standard InChI is InChI=1S/C25H25N3O4/c1-16-8-7-9-17(2)23(16)26-25(30)24-20-10-5-6-13-27(20)15-22(29)28(24)19-12-11-18(31-3)14-21(19)32-4/h5-14,24H,15H2,1-4H3/p+1/t24-/m1/s1. The van der Waals surface area contributed by atoms with Crippen LogP contribution in [0.2, 0.25) is 0 Å². The Morgan fingerprint density at radius 3 is 2.47 bits per heavy atom. The number of anilines is 2. The number of para-hydroxylation sites is 1. The van der Waals surface area contributed by atoms with Crippen molar-refractivity contribution in [1.29, 1.82) is 0 Å². The Labute approximate surface area is 187 Å². The molecular weight excluding hydrogens is 406 g/mol. The van der Waals surface area contributed by atoms with Gasteiger partial charge in [-0.15, -0.1) is 0 Å². The minimum Gasteiger partial charge on any atom is -0.497 e. The normalized spacial score (nSPS) is 15.2. The van der Waals surface area contributed by atoms with E-state index in [1.54, 1.807) is 25.3 Å². The molecule has 0 unspecified atom stereocenters. The molecule has 32 heavy (non-hydrogen) atoms. The molecule has 0 fully saturated rings. The quantitative estimate of drug-likeness (QED) is 0.628. The number of pyridine rings is 1. The molecule has 4 rings (SSSR count). The highest BCUT2D eigenvalue weighted by Crippen LogP contribution is 2.38. The van der Waals surface area contributed by atoms with E-state index < -0.39 is 6.04 Å². The second kappa shape index (κ2) is 8.70. The van der Waals surface area contributed by atoms with Gasteiger partial charge >= 0.3 is 0 Å². The zero-order valence-electron chi connectivity index (χ0n) is 18.6. The highest BCUT2D eigenvalue weighted by molar-refractivity contribution is 6.06. The smallest absolute Gasteiger partial charge is 0.294 e. The molecule has 7 nitrogen and oxygen atoms in total. The fraction of sp³-hybridized carbons (Fsp3) is 0.240. The first-order chi connectivity index (χ1) is 15.4. The van der Waals surface area contributed by atoms with Crippen LogP contribution in [0.25, 0.3) is 0 Å². The first-order valence-electron chi connectivity index (χ1n) is 10.3. The van der Waals surface area contributed by atoms with E-state index >= 15 is 0 Å². The molecule has 1 atom stereocenters. The Morgan fingerprint density at radius 2 is 1.78 bits per heavy atom. The number of amides is 2. The summed E-state index contributed by atoms with van der Waals surface area (Å²) < 4.78 is 12.7. The highest BCUT2D eigenvalue weighted by atomic mass is 16.5. The summed E-state index contributed by atoms with van der Waals surface area (Å²) >= 11 is 0. The van der Waals surface area contributed by atoms with Crippen LogP contribution >= 0.6 is 0 Å². The number of aromatic nitrogens is 1. The molecule has 164 valence electrons. The molecule has 0 saturated heterocycles. The molecule has 0 spiro atoms. The average molecular weight is 433 g/mol. The van der Waals surface area contributed by atoms with Crippen molar-refractivity contribution < 1.29 is 23.6 Å². The van der Waals surface area contributed by atoms with E-state index in [1.165, 1.54) is 12.0 Å². The monoisotopic (exact) mass is 432 g/mol. The van der Waals surface area contributed by atoms with Gasteiger partial charge in [-0.1, -0.05) is 24.3 Å². The number of aryl methyl sites for hydroxylation is 2. The lowest BCUT2D eigenvalue weighted by Crippen LogP contribution is -2.58. The second-order valence-electron chi connectivity index (χ2n) is 7.71. The van der Waals surface area contributed by atoms with Crippen molar-refractivity contribution >= 4 is 23.2 Å². The van der Waals surface area contributed by atoms with Gasteiger partial charge in [0, 0.05) is 23.9 Å². The minimum atomic E-state index is -0.876. The van der Waals surface area contributed by atoms with Crippen LogP contribution in [0.15, 0.2) is 60.8 Å². The maximum Gasteiger partial charge on any atom is 0.294 e. The number of nitrogens with one attached hydrogen (secondary N) is 1. The first kappa shape index (κ1) is 21.4. The van der Waals surface area contributed by atoms with Crippen molar-refractivity contribution in [1.82, 2.24) is 0 Å². The Balaban J connectivity index is 1.84. The molecule has 2 heterocycles. The van der Waals surface area contributed by atoms with Crippen LogP contribution in [0.5, 0.6) is 11.5 Å². The predicted octanol–water partition coefficient (Wildman–Crippen LogP) is 3.33. The molecule has 1 aliphatic rings. The summed E-state index contributed by atoms with van der Waals surface area (Å²) in [6.45, 7) is 4.02. The molecule has 7 heteroatoms. The number of carbonyl (C=O) groups excluding carboxylic acids is 2. The fourth-order valence-electron chi connectivity index (χ4n) is 4.09. The molecule has 3 aromatic rings. The first-order valence-corrected chi connectivity index (χ1v) is 10.3. The number of carbonyl (C=O) groups is 2. The molecule has 1 N–H and O–H groups in total. The lowest BCUT2D eigenvalue weighted by molar-refractivity contribution is -0.695. The number of fused-ring (bicyclic) bond motifs is 1. The Bertz CT molecular complexity index is 1170. The van der Waals surface area contributed by atoms with Gasteiger partial charge in [-0.05, 0) is 37.1 Å². The number of hydrogen-bond donors (Lipinski definition) is 1. The van der Waals surface area contributed by atoms with E-state index in [0.29, 0.717) is 22.9 Å². The lowest BCUT2D eigenvalue weighted by Gasteiger charge is -2.33. The van der Waals surface area contributed by atoms with Crippen LogP contribution in [0.3, 0.4) is 0 Å². The van der Waals surface area contributed by atoms with Crippen LogP contribution < -0.4 is 24.3 Å². The van der Waals surface area contributed by atoms with E-state index in [1.807, 2.05) is 61.0 Å². The number of ether oxygens (including phenoxy) is 2. The molecule has 1 aliphatic heterocycles. The highest BCUT2D eigenvalue weighted by Gasteiger charge is 2.44. The lowest BCUT2D eigenvalue weighted by atomic mass is 10.0. The van der Waals surface area contributed by atoms with Gasteiger partial charge in [0.1, 0.15) is 11.5 Å². The van der Waals surface area contributed by atoms with Gasteiger partial charge in [0.05, 0.1) is 19.9 Å². The molecule has 0 aliphatic carbocycles. The van der Waals surface area contributed by atoms with Gasteiger partial charge in [-0.25, -0.2) is 0 Å². The maximum atomic E-state index is 13.7. The van der Waals surface area contributed by atoms with Crippen LogP contribution in [-0.2, 0) is 16.1 Å². The zero-order chi connectivity index (χ0) is 22.8. The van der Waals surface area contributed by atoms with Crippen LogP contribution in [0.1, 0.15) is 22.9 Å². The number of rotatable bonds is 5. The average Bonchev–Trinajstić information content (AvgIpc) is 2.80. The summed E-state index contributed by atoms with van der Waals surface area (Å²) in [4.78, 5) is 28.5. The summed E-state index contributed by atoms with van der Waals surface area (Å²) in [5, 5.41) is 3.06. The van der Waals surface area contributed by atoms with Gasteiger partial charge in [0.25, 0.3) is 11.8 Å². The molecule has 0 radical (unpaired) electrons. The minimum absolute atomic E-state index is 0.124. The van der Waals surface area contributed by atoms with Gasteiger partial charge in [-0.2, -0.15) is 4.57 Å². The maximum absolute atomic E-state index is 13.7. The van der Waals surface area contributed by atoms with Crippen LogP contribution in [0.4, 0.5) is 11.4 Å². The summed E-state index contributed by atoms with van der Waals surface area (Å²) in [5.41, 5.74) is 3.88. The van der Waals surface area contributed by atoms with Crippen molar-refractivity contribution in [2.24, 2.45) is 0 Å². The number of methoxy groups -OCH3 is 2. The Morgan fingerprint density at radius 1 is 1.03 bits per heavy atom. The van der Waals surface area contributed by atoms with Crippen molar-refractivity contribution in [2.75, 3.05) is 24.4 Å². The predicted molar refractivity (Wildman–Crippen MR) is 121 cm³/mol. The molecule has 0 saturated carbocycles. The summed E-state index contributed by atoms with van der Waals surface area (Å²) in [6, 6.07) is 15.7. The molecular formula is C25H26N3O4+. The largest absolute Gasteiger partial charge is 0.497 e. The number of hydrogen-bond acceptors (Lipinski definition) is 4. The van der Waals surface area contributed by atoms with Crippen molar-refractivity contribution in [2.45, 2.75) is 26.4 Å². The fourth-order valence-corrected chi connectivity index (χ4v) is 4.09. The van der Waals surface area contributed by atoms with E-state index in [2.05, 4.69) is 5.32 Å². The number of nitrogens with zero attached hydrogens (tertiary/aromatic N) is 2. The van der Waals surface area contributed by atoms with Gasteiger partial charge in [0.2, 0.25) is 18.3 Å². The van der Waals surface area contributed by atoms with Crippen LogP contribution in [-0.4, -0.2) is 26.0 Å². The summed E-state index contributed by atoms with van der Waals surface area (Å²) in [5.74, 6) is 0.542. The molecule has 1 aromatic heterocycles. The van der Waals surface area contributed by atoms with Gasteiger partial charge < -0.3 is 14.8 Å². The third-order valence-electron chi connectivity index (χ3n) is 5.71. The Kier molecular flexibility index (Phi) is 5.81. The van der Waals surface area contributed by atoms with Crippen molar-refractivity contribution in [3.8, 4) is 11.5 Å². The Hall–Kier alpha value is -3.87. The summed E-state index contributed by atoms with van der Waals surface area (Å²) in [6.07, 6.45) is 1.81. The zero-order valence-corrected chi connectivity index (χ0v) is 18.6. The van der Waals surface area contributed by atoms with E-state index in [0.717, 1.165) is 16.8 Å². The summed E-state index contributed by atoms with van der Waals surface area (Å²) in [7, 11) is 3.09. The SMILES string of the molecule is COc1ccc(N2C(=O)C[n+]3ccccc3[C@@H]2C(=O)Nc2c(C)cccc2C)c(OC)c1.